The lowest BCUT2D eigenvalue weighted by Gasteiger charge is -2.33. The average molecular weight is 324 g/mol. The van der Waals surface area contributed by atoms with Gasteiger partial charge >= 0.3 is 0 Å². The fourth-order valence-electron chi connectivity index (χ4n) is 3.83. The van der Waals surface area contributed by atoms with Crippen molar-refractivity contribution in [1.29, 1.82) is 0 Å². The standard InChI is InChI=1S/C19H24N4O/c1-2-9-21-17(5-1)23-18-6-3-4-16(22-18)12-15-13-19(24-14-15)7-10-20-11-8-19/h1-6,9,15,20H,7-8,10-14H2,(H,21,22,23)/t15-/m0/s1. The summed E-state index contributed by atoms with van der Waals surface area (Å²) < 4.78 is 6.20. The van der Waals surface area contributed by atoms with E-state index in [4.69, 9.17) is 9.72 Å². The van der Waals surface area contributed by atoms with Gasteiger partial charge in [0.05, 0.1) is 12.2 Å². The molecule has 126 valence electrons. The molecule has 2 N–H and O–H groups in total. The molecule has 0 unspecified atom stereocenters. The molecule has 4 rings (SSSR count). The number of nitrogens with zero attached hydrogens (tertiary/aromatic N) is 2. The molecule has 5 nitrogen and oxygen atoms in total. The summed E-state index contributed by atoms with van der Waals surface area (Å²) in [4.78, 5) is 9.03. The number of ether oxygens (including phenoxy) is 1. The SMILES string of the molecule is c1ccc(Nc2cccc(C[C@@H]3COC4(CCNCC4)C3)n2)nc1. The van der Waals surface area contributed by atoms with Crippen LogP contribution in [-0.2, 0) is 11.2 Å². The zero-order valence-electron chi connectivity index (χ0n) is 13.9. The Balaban J connectivity index is 1.39. The van der Waals surface area contributed by atoms with E-state index in [1.54, 1.807) is 6.20 Å². The lowest BCUT2D eigenvalue weighted by atomic mass is 9.85. The number of hydrogen-bond acceptors (Lipinski definition) is 5. The van der Waals surface area contributed by atoms with Crippen LogP contribution in [0.3, 0.4) is 0 Å². The van der Waals surface area contributed by atoms with Crippen LogP contribution >= 0.6 is 0 Å². The number of hydrogen-bond donors (Lipinski definition) is 2. The Morgan fingerprint density at radius 3 is 2.83 bits per heavy atom. The smallest absolute Gasteiger partial charge is 0.131 e. The minimum Gasteiger partial charge on any atom is -0.375 e. The van der Waals surface area contributed by atoms with E-state index < -0.39 is 0 Å². The monoisotopic (exact) mass is 324 g/mol. The fourth-order valence-corrected chi connectivity index (χ4v) is 3.83. The van der Waals surface area contributed by atoms with Gasteiger partial charge < -0.3 is 15.4 Å². The summed E-state index contributed by atoms with van der Waals surface area (Å²) in [6.45, 7) is 3.02. The van der Waals surface area contributed by atoms with Gasteiger partial charge in [-0.15, -0.1) is 0 Å². The third-order valence-corrected chi connectivity index (χ3v) is 5.03. The van der Waals surface area contributed by atoms with Crippen molar-refractivity contribution in [3.8, 4) is 0 Å². The average Bonchev–Trinajstić information content (AvgIpc) is 2.99. The molecule has 24 heavy (non-hydrogen) atoms. The number of nitrogens with one attached hydrogen (secondary N) is 2. The van der Waals surface area contributed by atoms with E-state index in [0.717, 1.165) is 62.7 Å². The van der Waals surface area contributed by atoms with Crippen LogP contribution in [-0.4, -0.2) is 35.3 Å². The summed E-state index contributed by atoms with van der Waals surface area (Å²) in [6, 6.07) is 12.0. The largest absolute Gasteiger partial charge is 0.375 e. The van der Waals surface area contributed by atoms with Crippen molar-refractivity contribution in [2.75, 3.05) is 25.0 Å². The number of aromatic nitrogens is 2. The van der Waals surface area contributed by atoms with E-state index in [-0.39, 0.29) is 5.60 Å². The number of anilines is 2. The second-order valence-electron chi connectivity index (χ2n) is 6.87. The second kappa shape index (κ2) is 6.87. The highest BCUT2D eigenvalue weighted by atomic mass is 16.5. The van der Waals surface area contributed by atoms with Crippen LogP contribution in [0.1, 0.15) is 25.0 Å². The maximum atomic E-state index is 6.20. The van der Waals surface area contributed by atoms with Gasteiger partial charge in [0.2, 0.25) is 0 Å². The lowest BCUT2D eigenvalue weighted by molar-refractivity contribution is -0.0196. The van der Waals surface area contributed by atoms with E-state index in [1.165, 1.54) is 0 Å². The van der Waals surface area contributed by atoms with Crippen LogP contribution in [0, 0.1) is 5.92 Å². The van der Waals surface area contributed by atoms with Gasteiger partial charge in [-0.3, -0.25) is 0 Å². The van der Waals surface area contributed by atoms with E-state index in [0.29, 0.717) is 5.92 Å². The number of rotatable bonds is 4. The highest BCUT2D eigenvalue weighted by Crippen LogP contribution is 2.38. The van der Waals surface area contributed by atoms with Crippen LogP contribution in [0.4, 0.5) is 11.6 Å². The zero-order valence-corrected chi connectivity index (χ0v) is 13.9. The molecule has 2 aromatic rings. The molecule has 1 atom stereocenters. The summed E-state index contributed by atoms with van der Waals surface area (Å²) in [5.74, 6) is 2.24. The Labute approximate surface area is 142 Å². The molecule has 0 bridgehead atoms. The maximum absolute atomic E-state index is 6.20. The highest BCUT2D eigenvalue weighted by molar-refractivity contribution is 5.51. The molecule has 0 amide bonds. The van der Waals surface area contributed by atoms with Crippen molar-refractivity contribution in [1.82, 2.24) is 15.3 Å². The Hall–Kier alpha value is -1.98. The molecule has 5 heteroatoms. The van der Waals surface area contributed by atoms with Gasteiger partial charge in [0, 0.05) is 11.9 Å². The minimum absolute atomic E-state index is 0.125. The van der Waals surface area contributed by atoms with Gasteiger partial charge in [-0.1, -0.05) is 12.1 Å². The van der Waals surface area contributed by atoms with E-state index >= 15 is 0 Å². The Bertz CT molecular complexity index is 670. The van der Waals surface area contributed by atoms with Crippen LogP contribution in [0.15, 0.2) is 42.6 Å². The molecular formula is C19H24N4O. The molecule has 0 aliphatic carbocycles. The van der Waals surface area contributed by atoms with Crippen LogP contribution < -0.4 is 10.6 Å². The van der Waals surface area contributed by atoms with Crippen molar-refractivity contribution in [3.63, 3.8) is 0 Å². The molecule has 4 heterocycles. The van der Waals surface area contributed by atoms with Gasteiger partial charge in [-0.05, 0) is 69.0 Å². The van der Waals surface area contributed by atoms with Gasteiger partial charge in [-0.2, -0.15) is 0 Å². The summed E-state index contributed by atoms with van der Waals surface area (Å²) in [5.41, 5.74) is 1.25. The Kier molecular flexibility index (Phi) is 4.45. The van der Waals surface area contributed by atoms with Crippen molar-refractivity contribution in [2.45, 2.75) is 31.3 Å². The molecule has 2 aromatic heterocycles. The predicted molar refractivity (Wildman–Crippen MR) is 94.4 cm³/mol. The van der Waals surface area contributed by atoms with Crippen molar-refractivity contribution >= 4 is 11.6 Å². The molecule has 2 aliphatic heterocycles. The first-order valence-electron chi connectivity index (χ1n) is 8.80. The van der Waals surface area contributed by atoms with Crippen molar-refractivity contribution < 1.29 is 4.74 Å². The molecule has 2 fully saturated rings. The normalized spacial score (nSPS) is 22.6. The quantitative estimate of drug-likeness (QED) is 0.905. The highest BCUT2D eigenvalue weighted by Gasteiger charge is 2.40. The fraction of sp³-hybridized carbons (Fsp3) is 0.474. The topological polar surface area (TPSA) is 59.1 Å². The van der Waals surface area contributed by atoms with E-state index in [9.17, 15) is 0 Å². The van der Waals surface area contributed by atoms with Gasteiger partial charge in [-0.25, -0.2) is 9.97 Å². The third-order valence-electron chi connectivity index (χ3n) is 5.03. The first-order valence-corrected chi connectivity index (χ1v) is 8.80. The number of pyridine rings is 2. The molecule has 2 saturated heterocycles. The summed E-state index contributed by atoms with van der Waals surface area (Å²) in [7, 11) is 0. The van der Waals surface area contributed by atoms with Crippen LogP contribution in [0.25, 0.3) is 0 Å². The van der Waals surface area contributed by atoms with Crippen LogP contribution in [0.2, 0.25) is 0 Å². The lowest BCUT2D eigenvalue weighted by Crippen LogP contribution is -2.41. The molecular weight excluding hydrogens is 300 g/mol. The Morgan fingerprint density at radius 2 is 2.00 bits per heavy atom. The van der Waals surface area contributed by atoms with Crippen molar-refractivity contribution in [2.24, 2.45) is 5.92 Å². The molecule has 0 radical (unpaired) electrons. The number of piperidine rings is 1. The van der Waals surface area contributed by atoms with E-state index in [2.05, 4.69) is 27.8 Å². The third kappa shape index (κ3) is 3.57. The van der Waals surface area contributed by atoms with Crippen molar-refractivity contribution in [3.05, 3.63) is 48.3 Å². The molecule has 1 spiro atoms. The van der Waals surface area contributed by atoms with Crippen LogP contribution in [0.5, 0.6) is 0 Å². The first-order chi connectivity index (χ1) is 11.8. The summed E-state index contributed by atoms with van der Waals surface area (Å²) in [5, 5.41) is 6.69. The Morgan fingerprint density at radius 1 is 1.12 bits per heavy atom. The molecule has 0 saturated carbocycles. The maximum Gasteiger partial charge on any atom is 0.131 e. The minimum atomic E-state index is 0.125. The van der Waals surface area contributed by atoms with Gasteiger partial charge in [0.1, 0.15) is 11.6 Å². The van der Waals surface area contributed by atoms with Gasteiger partial charge in [0.25, 0.3) is 0 Å². The van der Waals surface area contributed by atoms with E-state index in [1.807, 2.05) is 24.3 Å². The predicted octanol–water partition coefficient (Wildman–Crippen LogP) is 2.92. The molecule has 0 aromatic carbocycles. The second-order valence-corrected chi connectivity index (χ2v) is 6.87. The molecule has 2 aliphatic rings. The first kappa shape index (κ1) is 15.5. The summed E-state index contributed by atoms with van der Waals surface area (Å²) in [6.07, 6.45) is 6.19. The van der Waals surface area contributed by atoms with Gasteiger partial charge in [0.15, 0.2) is 0 Å². The summed E-state index contributed by atoms with van der Waals surface area (Å²) >= 11 is 0. The zero-order chi connectivity index (χ0) is 16.2.